The summed E-state index contributed by atoms with van der Waals surface area (Å²) in [5.74, 6) is 1.50. The van der Waals surface area contributed by atoms with Gasteiger partial charge in [0.15, 0.2) is 0 Å². The first-order chi connectivity index (χ1) is 11.8. The van der Waals surface area contributed by atoms with Crippen LogP contribution in [0, 0.1) is 0 Å². The summed E-state index contributed by atoms with van der Waals surface area (Å²) in [6.45, 7) is 4.43. The predicted octanol–water partition coefficient (Wildman–Crippen LogP) is 7.36. The second-order valence-electron chi connectivity index (χ2n) is 6.68. The molecule has 0 aliphatic heterocycles. The molecule has 0 N–H and O–H groups in total. The minimum absolute atomic E-state index is 0.335. The van der Waals surface area contributed by atoms with Crippen LogP contribution in [0.4, 0.5) is 0 Å². The fourth-order valence-corrected chi connectivity index (χ4v) is 4.14. The van der Waals surface area contributed by atoms with Gasteiger partial charge in [0, 0.05) is 18.1 Å². The minimum atomic E-state index is 0.335. The molecule has 0 fully saturated rings. The number of unbranched alkanes of at least 4 members (excludes halogenated alkanes) is 8. The van der Waals surface area contributed by atoms with Gasteiger partial charge < -0.3 is 0 Å². The Balaban J connectivity index is 2.13. The highest BCUT2D eigenvalue weighted by atomic mass is 32.2. The standard InChI is InChI=1S/C22H36OS/c1-3-5-6-7-8-9-10-11-15-18-21(23)19-22(24-4-2)20-16-13-12-14-17-20/h12-14,16-17,22H,3-11,15,18-19H2,1-2H3. The molecule has 1 aromatic rings. The van der Waals surface area contributed by atoms with E-state index in [1.165, 1.54) is 56.9 Å². The number of rotatable bonds is 15. The highest BCUT2D eigenvalue weighted by molar-refractivity contribution is 7.99. The third-order valence-corrected chi connectivity index (χ3v) is 5.69. The van der Waals surface area contributed by atoms with Gasteiger partial charge in [-0.2, -0.15) is 11.8 Å². The van der Waals surface area contributed by atoms with Crippen LogP contribution in [-0.4, -0.2) is 11.5 Å². The van der Waals surface area contributed by atoms with Crippen molar-refractivity contribution in [2.75, 3.05) is 5.75 Å². The van der Waals surface area contributed by atoms with Gasteiger partial charge in [0.1, 0.15) is 5.78 Å². The molecule has 1 nitrogen and oxygen atoms in total. The van der Waals surface area contributed by atoms with E-state index in [-0.39, 0.29) is 0 Å². The smallest absolute Gasteiger partial charge is 0.134 e. The molecule has 0 amide bonds. The Kier molecular flexibility index (Phi) is 12.9. The van der Waals surface area contributed by atoms with Crippen LogP contribution < -0.4 is 0 Å². The first kappa shape index (κ1) is 21.3. The topological polar surface area (TPSA) is 17.1 Å². The third kappa shape index (κ3) is 10.2. The average molecular weight is 349 g/mol. The summed E-state index contributed by atoms with van der Waals surface area (Å²) in [6.07, 6.45) is 13.3. The Morgan fingerprint density at radius 1 is 0.875 bits per heavy atom. The number of Topliss-reactive ketones (excluding diaryl/α,β-unsaturated/α-hetero) is 1. The molecule has 1 unspecified atom stereocenters. The van der Waals surface area contributed by atoms with Crippen LogP contribution in [0.2, 0.25) is 0 Å². The normalized spacial score (nSPS) is 12.2. The number of hydrogen-bond acceptors (Lipinski definition) is 2. The molecule has 1 atom stereocenters. The van der Waals surface area contributed by atoms with Crippen molar-refractivity contribution < 1.29 is 4.79 Å². The van der Waals surface area contributed by atoms with Crippen LogP contribution in [0.25, 0.3) is 0 Å². The van der Waals surface area contributed by atoms with Gasteiger partial charge in [0.05, 0.1) is 0 Å². The third-order valence-electron chi connectivity index (χ3n) is 4.51. The molecule has 0 saturated heterocycles. The van der Waals surface area contributed by atoms with E-state index in [4.69, 9.17) is 0 Å². The maximum atomic E-state index is 12.3. The lowest BCUT2D eigenvalue weighted by Gasteiger charge is -2.15. The van der Waals surface area contributed by atoms with Crippen molar-refractivity contribution in [2.45, 2.75) is 89.7 Å². The van der Waals surface area contributed by atoms with Crippen LogP contribution >= 0.6 is 11.8 Å². The molecule has 1 rings (SSSR count). The van der Waals surface area contributed by atoms with Gasteiger partial charge in [0.2, 0.25) is 0 Å². The number of ketones is 1. The van der Waals surface area contributed by atoms with Gasteiger partial charge >= 0.3 is 0 Å². The Bertz CT molecular complexity index is 415. The largest absolute Gasteiger partial charge is 0.300 e. The van der Waals surface area contributed by atoms with E-state index in [2.05, 4.69) is 38.1 Å². The lowest BCUT2D eigenvalue weighted by molar-refractivity contribution is -0.119. The van der Waals surface area contributed by atoms with E-state index in [1.807, 2.05) is 17.8 Å². The summed E-state index contributed by atoms with van der Waals surface area (Å²) in [7, 11) is 0. The average Bonchev–Trinajstić information content (AvgIpc) is 2.61. The van der Waals surface area contributed by atoms with Crippen molar-refractivity contribution in [3.8, 4) is 0 Å². The molecule has 0 saturated carbocycles. The second-order valence-corrected chi connectivity index (χ2v) is 8.16. The molecule has 0 spiro atoms. The van der Waals surface area contributed by atoms with Crippen LogP contribution in [0.5, 0.6) is 0 Å². The van der Waals surface area contributed by atoms with Crippen molar-refractivity contribution in [3.63, 3.8) is 0 Å². The summed E-state index contributed by atoms with van der Waals surface area (Å²) in [4.78, 5) is 12.3. The fourth-order valence-electron chi connectivity index (χ4n) is 3.08. The molecular weight excluding hydrogens is 312 g/mol. The molecule has 0 aliphatic rings. The summed E-state index contributed by atoms with van der Waals surface area (Å²) < 4.78 is 0. The van der Waals surface area contributed by atoms with E-state index in [9.17, 15) is 4.79 Å². The maximum Gasteiger partial charge on any atom is 0.134 e. The van der Waals surface area contributed by atoms with Gasteiger partial charge in [-0.1, -0.05) is 95.5 Å². The van der Waals surface area contributed by atoms with E-state index in [0.717, 1.165) is 18.6 Å². The van der Waals surface area contributed by atoms with Crippen LogP contribution in [0.1, 0.15) is 95.3 Å². The summed E-state index contributed by atoms with van der Waals surface area (Å²) in [5.41, 5.74) is 1.30. The Labute approximate surface area is 154 Å². The quantitative estimate of drug-likeness (QED) is 0.308. The van der Waals surface area contributed by atoms with Gasteiger partial charge in [-0.15, -0.1) is 0 Å². The van der Waals surface area contributed by atoms with E-state index >= 15 is 0 Å². The van der Waals surface area contributed by atoms with Gasteiger partial charge in [-0.05, 0) is 17.7 Å². The number of benzene rings is 1. The highest BCUT2D eigenvalue weighted by Crippen LogP contribution is 2.32. The molecule has 136 valence electrons. The molecule has 2 heteroatoms. The number of thioether (sulfide) groups is 1. The van der Waals surface area contributed by atoms with Crippen LogP contribution in [0.15, 0.2) is 30.3 Å². The number of carbonyl (C=O) groups excluding carboxylic acids is 1. The second kappa shape index (κ2) is 14.6. The summed E-state index contributed by atoms with van der Waals surface area (Å²) >= 11 is 1.89. The van der Waals surface area contributed by atoms with Crippen LogP contribution in [-0.2, 0) is 4.79 Å². The molecule has 0 radical (unpaired) electrons. The van der Waals surface area contributed by atoms with Gasteiger partial charge in [-0.3, -0.25) is 4.79 Å². The van der Waals surface area contributed by atoms with Crippen molar-refractivity contribution >= 4 is 17.5 Å². The van der Waals surface area contributed by atoms with Gasteiger partial charge in [0.25, 0.3) is 0 Å². The highest BCUT2D eigenvalue weighted by Gasteiger charge is 2.15. The van der Waals surface area contributed by atoms with Crippen LogP contribution in [0.3, 0.4) is 0 Å². The van der Waals surface area contributed by atoms with E-state index < -0.39 is 0 Å². The maximum absolute atomic E-state index is 12.3. The van der Waals surface area contributed by atoms with E-state index in [0.29, 0.717) is 17.5 Å². The molecule has 24 heavy (non-hydrogen) atoms. The molecule has 0 bridgehead atoms. The van der Waals surface area contributed by atoms with E-state index in [1.54, 1.807) is 0 Å². The monoisotopic (exact) mass is 348 g/mol. The van der Waals surface area contributed by atoms with Gasteiger partial charge in [-0.25, -0.2) is 0 Å². The summed E-state index contributed by atoms with van der Waals surface area (Å²) in [5, 5.41) is 0.335. The summed E-state index contributed by atoms with van der Waals surface area (Å²) in [6, 6.07) is 10.5. The first-order valence-electron chi connectivity index (χ1n) is 9.96. The lowest BCUT2D eigenvalue weighted by Crippen LogP contribution is -2.05. The zero-order chi connectivity index (χ0) is 17.5. The molecule has 0 aromatic heterocycles. The number of hydrogen-bond donors (Lipinski definition) is 0. The fraction of sp³-hybridized carbons (Fsp3) is 0.682. The van der Waals surface area contributed by atoms with Crippen molar-refractivity contribution in [2.24, 2.45) is 0 Å². The SMILES string of the molecule is CCCCCCCCCCCC(=O)CC(SCC)c1ccccc1. The molecule has 0 aliphatic carbocycles. The van der Waals surface area contributed by atoms with Crippen molar-refractivity contribution in [1.29, 1.82) is 0 Å². The molecule has 1 aromatic carbocycles. The Morgan fingerprint density at radius 3 is 2.04 bits per heavy atom. The molecular formula is C22H36OS. The Hall–Kier alpha value is -0.760. The van der Waals surface area contributed by atoms with Crippen molar-refractivity contribution in [1.82, 2.24) is 0 Å². The zero-order valence-electron chi connectivity index (χ0n) is 15.8. The zero-order valence-corrected chi connectivity index (χ0v) is 16.6. The number of carbonyl (C=O) groups is 1. The lowest BCUT2D eigenvalue weighted by atomic mass is 10.0. The minimum Gasteiger partial charge on any atom is -0.300 e. The Morgan fingerprint density at radius 2 is 1.46 bits per heavy atom. The molecule has 0 heterocycles. The predicted molar refractivity (Wildman–Crippen MR) is 109 cm³/mol. The first-order valence-corrected chi connectivity index (χ1v) is 11.0. The van der Waals surface area contributed by atoms with Crippen molar-refractivity contribution in [3.05, 3.63) is 35.9 Å².